The molecule has 0 N–H and O–H groups in total. The van der Waals surface area contributed by atoms with Crippen molar-refractivity contribution in [1.29, 1.82) is 5.26 Å². The fourth-order valence-electron chi connectivity index (χ4n) is 7.02. The zero-order valence-corrected chi connectivity index (χ0v) is 24.0. The molecule has 7 nitrogen and oxygen atoms in total. The molecule has 4 heterocycles. The molecule has 3 fully saturated rings. The molecular weight excluding hydrogens is 496 g/mol. The van der Waals surface area contributed by atoms with E-state index in [1.165, 1.54) is 41.8 Å². The SMILES string of the molecule is CC(C)N1CCC[C@@H](c2ccc(-c3cc4c(N5CCN(C(=O)C6CCC(C#N)CC6)CC5)ccnn4c3)cc2)C1. The Morgan fingerprint density at radius 3 is 2.40 bits per heavy atom. The summed E-state index contributed by atoms with van der Waals surface area (Å²) in [5, 5.41) is 13.8. The van der Waals surface area contributed by atoms with Crippen LogP contribution in [0.15, 0.2) is 48.8 Å². The summed E-state index contributed by atoms with van der Waals surface area (Å²) in [5.74, 6) is 1.13. The Kier molecular flexibility index (Phi) is 7.80. The van der Waals surface area contributed by atoms with Crippen molar-refractivity contribution in [3.05, 3.63) is 54.4 Å². The van der Waals surface area contributed by atoms with E-state index in [0.717, 1.165) is 63.9 Å². The van der Waals surface area contributed by atoms with Crippen LogP contribution < -0.4 is 4.90 Å². The van der Waals surface area contributed by atoms with E-state index < -0.39 is 0 Å². The largest absolute Gasteiger partial charge is 0.366 e. The van der Waals surface area contributed by atoms with Gasteiger partial charge in [-0.1, -0.05) is 24.3 Å². The Balaban J connectivity index is 1.12. The van der Waals surface area contributed by atoms with Gasteiger partial charge < -0.3 is 14.7 Å². The van der Waals surface area contributed by atoms with Gasteiger partial charge in [0.25, 0.3) is 0 Å². The fourth-order valence-corrected chi connectivity index (χ4v) is 7.02. The molecule has 210 valence electrons. The van der Waals surface area contributed by atoms with Crippen molar-refractivity contribution >= 4 is 17.1 Å². The van der Waals surface area contributed by atoms with Gasteiger partial charge in [-0.3, -0.25) is 4.79 Å². The minimum absolute atomic E-state index is 0.0932. The Morgan fingerprint density at radius 1 is 0.950 bits per heavy atom. The third kappa shape index (κ3) is 5.47. The molecule has 1 aliphatic carbocycles. The molecule has 3 aliphatic rings. The van der Waals surface area contributed by atoms with Crippen molar-refractivity contribution in [3.63, 3.8) is 0 Å². The molecule has 0 radical (unpaired) electrons. The number of hydrogen-bond donors (Lipinski definition) is 0. The van der Waals surface area contributed by atoms with E-state index in [0.29, 0.717) is 12.0 Å². The third-order valence-corrected chi connectivity index (χ3v) is 9.58. The number of nitrogens with zero attached hydrogens (tertiary/aromatic N) is 6. The number of likely N-dealkylation sites (tertiary alicyclic amines) is 1. The second-order valence-corrected chi connectivity index (χ2v) is 12.3. The summed E-state index contributed by atoms with van der Waals surface area (Å²) in [6, 6.07) is 16.5. The summed E-state index contributed by atoms with van der Waals surface area (Å²) in [5.41, 5.74) is 6.13. The number of aromatic nitrogens is 2. The first-order chi connectivity index (χ1) is 19.5. The normalized spacial score (nSPS) is 24.4. The van der Waals surface area contributed by atoms with Gasteiger partial charge in [0, 0.05) is 68.6 Å². The van der Waals surface area contributed by atoms with Gasteiger partial charge in [-0.25, -0.2) is 4.52 Å². The predicted octanol–water partition coefficient (Wildman–Crippen LogP) is 5.57. The summed E-state index contributed by atoms with van der Waals surface area (Å²) >= 11 is 0. The molecule has 40 heavy (non-hydrogen) atoms. The highest BCUT2D eigenvalue weighted by molar-refractivity contribution is 5.81. The van der Waals surface area contributed by atoms with E-state index in [-0.39, 0.29) is 17.7 Å². The van der Waals surface area contributed by atoms with E-state index in [2.05, 4.69) is 77.4 Å². The first-order valence-electron chi connectivity index (χ1n) is 15.3. The summed E-state index contributed by atoms with van der Waals surface area (Å²) in [4.78, 5) is 20.2. The quantitative estimate of drug-likeness (QED) is 0.425. The molecule has 6 rings (SSSR count). The van der Waals surface area contributed by atoms with E-state index in [9.17, 15) is 4.79 Å². The first kappa shape index (κ1) is 26.8. The summed E-state index contributed by atoms with van der Waals surface area (Å²) in [7, 11) is 0. The first-order valence-corrected chi connectivity index (χ1v) is 15.3. The second-order valence-electron chi connectivity index (χ2n) is 12.3. The number of nitriles is 1. The maximum absolute atomic E-state index is 13.1. The molecule has 0 bridgehead atoms. The topological polar surface area (TPSA) is 67.9 Å². The summed E-state index contributed by atoms with van der Waals surface area (Å²) < 4.78 is 1.99. The molecule has 1 amide bonds. The average Bonchev–Trinajstić information content (AvgIpc) is 3.46. The number of rotatable bonds is 5. The number of piperazine rings is 1. The lowest BCUT2D eigenvalue weighted by Gasteiger charge is -2.38. The lowest BCUT2D eigenvalue weighted by molar-refractivity contribution is -0.137. The smallest absolute Gasteiger partial charge is 0.225 e. The molecule has 1 aromatic carbocycles. The fraction of sp³-hybridized carbons (Fsp3) is 0.545. The molecule has 2 saturated heterocycles. The third-order valence-electron chi connectivity index (χ3n) is 9.58. The van der Waals surface area contributed by atoms with Gasteiger partial charge in [0.15, 0.2) is 0 Å². The second kappa shape index (κ2) is 11.6. The molecule has 1 atom stereocenters. The molecule has 2 aromatic heterocycles. The van der Waals surface area contributed by atoms with E-state index in [1.807, 2.05) is 15.6 Å². The van der Waals surface area contributed by atoms with Crippen LogP contribution in [-0.4, -0.2) is 70.6 Å². The molecular formula is C33H42N6O. The van der Waals surface area contributed by atoms with Gasteiger partial charge >= 0.3 is 0 Å². The highest BCUT2D eigenvalue weighted by atomic mass is 16.2. The number of benzene rings is 1. The highest BCUT2D eigenvalue weighted by Crippen LogP contribution is 2.33. The molecule has 0 unspecified atom stereocenters. The lowest BCUT2D eigenvalue weighted by Crippen LogP contribution is -2.50. The van der Waals surface area contributed by atoms with Crippen LogP contribution in [-0.2, 0) is 4.79 Å². The number of amides is 1. The van der Waals surface area contributed by atoms with Crippen LogP contribution in [0.4, 0.5) is 5.69 Å². The standard InChI is InChI=1S/C33H42N6O/c1-24(2)38-15-3-4-29(22-38)26-9-11-27(12-10-26)30-20-32-31(13-14-35-39(32)23-30)36-16-18-37(19-17-36)33(40)28-7-5-25(21-34)6-8-28/h9-14,20,23-25,28-29H,3-8,15-19,22H2,1-2H3/t25?,28?,29-/m1/s1. The minimum atomic E-state index is 0.0932. The van der Waals surface area contributed by atoms with Crippen molar-refractivity contribution in [2.24, 2.45) is 11.8 Å². The van der Waals surface area contributed by atoms with Crippen LogP contribution in [0, 0.1) is 23.2 Å². The summed E-state index contributed by atoms with van der Waals surface area (Å²) in [6.07, 6.45) is 9.98. The maximum atomic E-state index is 13.1. The van der Waals surface area contributed by atoms with Crippen molar-refractivity contribution in [1.82, 2.24) is 19.4 Å². The molecule has 7 heteroatoms. The van der Waals surface area contributed by atoms with Gasteiger partial charge in [0.05, 0.1) is 17.3 Å². The van der Waals surface area contributed by atoms with Gasteiger partial charge in [0.2, 0.25) is 5.91 Å². The van der Waals surface area contributed by atoms with Crippen molar-refractivity contribution in [2.45, 2.75) is 64.3 Å². The Morgan fingerprint density at radius 2 is 1.70 bits per heavy atom. The Labute approximate surface area is 238 Å². The zero-order valence-electron chi connectivity index (χ0n) is 24.0. The number of hydrogen-bond acceptors (Lipinski definition) is 5. The van der Waals surface area contributed by atoms with Crippen LogP contribution in [0.3, 0.4) is 0 Å². The number of carbonyl (C=O) groups excluding carboxylic acids is 1. The van der Waals surface area contributed by atoms with E-state index >= 15 is 0 Å². The predicted molar refractivity (Wildman–Crippen MR) is 159 cm³/mol. The Bertz CT molecular complexity index is 1360. The van der Waals surface area contributed by atoms with Crippen molar-refractivity contribution < 1.29 is 4.79 Å². The van der Waals surface area contributed by atoms with E-state index in [4.69, 9.17) is 5.26 Å². The van der Waals surface area contributed by atoms with Crippen molar-refractivity contribution in [2.75, 3.05) is 44.2 Å². The number of piperidine rings is 1. The van der Waals surface area contributed by atoms with Crippen LogP contribution >= 0.6 is 0 Å². The average molecular weight is 539 g/mol. The van der Waals surface area contributed by atoms with Gasteiger partial charge in [-0.15, -0.1) is 0 Å². The zero-order chi connectivity index (χ0) is 27.6. The van der Waals surface area contributed by atoms with Crippen LogP contribution in [0.1, 0.15) is 63.9 Å². The van der Waals surface area contributed by atoms with E-state index in [1.54, 1.807) is 0 Å². The van der Waals surface area contributed by atoms with Gasteiger partial charge in [0.1, 0.15) is 0 Å². The lowest BCUT2D eigenvalue weighted by atomic mass is 9.82. The number of carbonyl (C=O) groups is 1. The molecule has 3 aromatic rings. The Hall–Kier alpha value is -3.37. The van der Waals surface area contributed by atoms with Crippen LogP contribution in [0.5, 0.6) is 0 Å². The van der Waals surface area contributed by atoms with Gasteiger partial charge in [-0.05, 0) is 88.1 Å². The van der Waals surface area contributed by atoms with Crippen LogP contribution in [0.2, 0.25) is 0 Å². The van der Waals surface area contributed by atoms with Gasteiger partial charge in [-0.2, -0.15) is 10.4 Å². The minimum Gasteiger partial charge on any atom is -0.366 e. The molecule has 1 saturated carbocycles. The molecule has 0 spiro atoms. The maximum Gasteiger partial charge on any atom is 0.225 e. The highest BCUT2D eigenvalue weighted by Gasteiger charge is 2.31. The number of anilines is 1. The monoisotopic (exact) mass is 538 g/mol. The van der Waals surface area contributed by atoms with Crippen molar-refractivity contribution in [3.8, 4) is 17.2 Å². The summed E-state index contributed by atoms with van der Waals surface area (Å²) in [6.45, 7) is 10.1. The molecule has 2 aliphatic heterocycles. The van der Waals surface area contributed by atoms with Crippen LogP contribution in [0.25, 0.3) is 16.6 Å². The number of fused-ring (bicyclic) bond motifs is 1.